The molecule has 0 bridgehead atoms. The molecule has 2 nitrogen and oxygen atoms in total. The molecule has 2 saturated carbocycles. The second-order valence-electron chi connectivity index (χ2n) is 7.22. The molecule has 1 heterocycles. The van der Waals surface area contributed by atoms with E-state index in [2.05, 4.69) is 6.92 Å². The van der Waals surface area contributed by atoms with Gasteiger partial charge in [0.1, 0.15) is 0 Å². The van der Waals surface area contributed by atoms with Gasteiger partial charge < -0.3 is 10.5 Å². The first-order chi connectivity index (χ1) is 8.72. The maximum atomic E-state index is 6.09. The van der Waals surface area contributed by atoms with Crippen LogP contribution in [0.25, 0.3) is 0 Å². The van der Waals surface area contributed by atoms with Crippen LogP contribution < -0.4 is 5.73 Å². The molecule has 2 aliphatic carbocycles. The van der Waals surface area contributed by atoms with Crippen LogP contribution in [0.1, 0.15) is 58.3 Å². The third-order valence-electron chi connectivity index (χ3n) is 6.01. The predicted octanol–water partition coefficient (Wildman–Crippen LogP) is 3.35. The molecule has 0 radical (unpaired) electrons. The highest BCUT2D eigenvalue weighted by Gasteiger charge is 2.45. The minimum absolute atomic E-state index is 0.308. The lowest BCUT2D eigenvalue weighted by Gasteiger charge is -2.51. The Bertz CT molecular complexity index is 287. The standard InChI is InChI=1S/C16H29NO/c1-12-3-4-14(11-17)15(9-12)13-5-8-18-16(10-13)6-2-7-16/h12-15H,2-11,17H2,1H3. The van der Waals surface area contributed by atoms with Crippen LogP contribution >= 0.6 is 0 Å². The van der Waals surface area contributed by atoms with Crippen LogP contribution in [0.15, 0.2) is 0 Å². The minimum atomic E-state index is 0.308. The average molecular weight is 251 g/mol. The minimum Gasteiger partial charge on any atom is -0.375 e. The van der Waals surface area contributed by atoms with Gasteiger partial charge in [-0.2, -0.15) is 0 Å². The van der Waals surface area contributed by atoms with Crippen LogP contribution in [0, 0.1) is 23.7 Å². The topological polar surface area (TPSA) is 35.2 Å². The van der Waals surface area contributed by atoms with Gasteiger partial charge in [-0.3, -0.25) is 0 Å². The van der Waals surface area contributed by atoms with E-state index in [1.165, 1.54) is 51.4 Å². The van der Waals surface area contributed by atoms with E-state index < -0.39 is 0 Å². The maximum absolute atomic E-state index is 6.09. The summed E-state index contributed by atoms with van der Waals surface area (Å²) in [5.74, 6) is 3.50. The van der Waals surface area contributed by atoms with E-state index in [-0.39, 0.29) is 0 Å². The van der Waals surface area contributed by atoms with Gasteiger partial charge in [0.05, 0.1) is 5.60 Å². The van der Waals surface area contributed by atoms with Gasteiger partial charge in [0.25, 0.3) is 0 Å². The van der Waals surface area contributed by atoms with Crippen molar-refractivity contribution >= 4 is 0 Å². The Morgan fingerprint density at radius 3 is 2.72 bits per heavy atom. The van der Waals surface area contributed by atoms with Crippen molar-refractivity contribution < 1.29 is 4.74 Å². The Kier molecular flexibility index (Phi) is 3.68. The maximum Gasteiger partial charge on any atom is 0.0685 e. The van der Waals surface area contributed by atoms with Crippen molar-refractivity contribution in [2.24, 2.45) is 29.4 Å². The molecular weight excluding hydrogens is 222 g/mol. The first-order valence-electron chi connectivity index (χ1n) is 8.06. The molecule has 4 atom stereocenters. The number of hydrogen-bond donors (Lipinski definition) is 1. The summed E-state index contributed by atoms with van der Waals surface area (Å²) in [7, 11) is 0. The number of nitrogens with two attached hydrogens (primary N) is 1. The van der Waals surface area contributed by atoms with Gasteiger partial charge in [-0.25, -0.2) is 0 Å². The van der Waals surface area contributed by atoms with Crippen LogP contribution in [0.3, 0.4) is 0 Å². The van der Waals surface area contributed by atoms with Gasteiger partial charge in [-0.15, -0.1) is 0 Å². The average Bonchev–Trinajstić information content (AvgIpc) is 2.37. The van der Waals surface area contributed by atoms with Gasteiger partial charge in [0.2, 0.25) is 0 Å². The lowest BCUT2D eigenvalue weighted by Crippen LogP contribution is -2.48. The van der Waals surface area contributed by atoms with Gasteiger partial charge in [0, 0.05) is 6.61 Å². The van der Waals surface area contributed by atoms with Crippen molar-refractivity contribution in [2.45, 2.75) is 63.9 Å². The predicted molar refractivity (Wildman–Crippen MR) is 74.3 cm³/mol. The SMILES string of the molecule is CC1CCC(CN)C(C2CCOC3(CCC3)C2)C1. The summed E-state index contributed by atoms with van der Waals surface area (Å²) in [5.41, 5.74) is 6.34. The van der Waals surface area contributed by atoms with E-state index in [4.69, 9.17) is 10.5 Å². The summed E-state index contributed by atoms with van der Waals surface area (Å²) >= 11 is 0. The second-order valence-corrected chi connectivity index (χ2v) is 7.22. The van der Waals surface area contributed by atoms with E-state index in [0.29, 0.717) is 5.60 Å². The fourth-order valence-corrected chi connectivity index (χ4v) is 4.71. The first-order valence-corrected chi connectivity index (χ1v) is 8.06. The molecular formula is C16H29NO. The highest BCUT2D eigenvalue weighted by Crippen LogP contribution is 2.49. The Morgan fingerprint density at radius 2 is 2.06 bits per heavy atom. The highest BCUT2D eigenvalue weighted by atomic mass is 16.5. The summed E-state index contributed by atoms with van der Waals surface area (Å²) in [6.45, 7) is 4.34. The fourth-order valence-electron chi connectivity index (χ4n) is 4.71. The number of rotatable bonds is 2. The van der Waals surface area contributed by atoms with Crippen molar-refractivity contribution in [1.29, 1.82) is 0 Å². The van der Waals surface area contributed by atoms with Crippen LogP contribution in [0.4, 0.5) is 0 Å². The summed E-state index contributed by atoms with van der Waals surface area (Å²) < 4.78 is 6.09. The molecule has 1 aliphatic heterocycles. The molecule has 3 rings (SSSR count). The summed E-state index contributed by atoms with van der Waals surface area (Å²) in [6.07, 6.45) is 10.8. The molecule has 18 heavy (non-hydrogen) atoms. The highest BCUT2D eigenvalue weighted by molar-refractivity contribution is 4.97. The summed E-state index contributed by atoms with van der Waals surface area (Å²) in [4.78, 5) is 0. The van der Waals surface area contributed by atoms with Gasteiger partial charge in [-0.05, 0) is 75.2 Å². The zero-order valence-corrected chi connectivity index (χ0v) is 11.9. The lowest BCUT2D eigenvalue weighted by atomic mass is 9.62. The van der Waals surface area contributed by atoms with Gasteiger partial charge >= 0.3 is 0 Å². The molecule has 2 N–H and O–H groups in total. The molecule has 104 valence electrons. The molecule has 0 aromatic carbocycles. The fraction of sp³-hybridized carbons (Fsp3) is 1.00. The first kappa shape index (κ1) is 12.9. The Hall–Kier alpha value is -0.0800. The monoisotopic (exact) mass is 251 g/mol. The zero-order valence-electron chi connectivity index (χ0n) is 11.9. The lowest BCUT2D eigenvalue weighted by molar-refractivity contribution is -0.155. The van der Waals surface area contributed by atoms with Crippen LogP contribution in [0.5, 0.6) is 0 Å². The van der Waals surface area contributed by atoms with Crippen molar-refractivity contribution in [3.05, 3.63) is 0 Å². The smallest absolute Gasteiger partial charge is 0.0685 e. The molecule has 3 fully saturated rings. The van der Waals surface area contributed by atoms with Gasteiger partial charge in [0.15, 0.2) is 0 Å². The quantitative estimate of drug-likeness (QED) is 0.817. The van der Waals surface area contributed by atoms with Gasteiger partial charge in [-0.1, -0.05) is 13.3 Å². The number of ether oxygens (including phenoxy) is 1. The van der Waals surface area contributed by atoms with Crippen LogP contribution in [0.2, 0.25) is 0 Å². The van der Waals surface area contributed by atoms with E-state index in [0.717, 1.165) is 36.8 Å². The number of hydrogen-bond acceptors (Lipinski definition) is 2. The molecule has 0 aromatic rings. The van der Waals surface area contributed by atoms with Crippen molar-refractivity contribution in [1.82, 2.24) is 0 Å². The van der Waals surface area contributed by atoms with Crippen LogP contribution in [-0.2, 0) is 4.74 Å². The van der Waals surface area contributed by atoms with Crippen molar-refractivity contribution in [2.75, 3.05) is 13.2 Å². The molecule has 0 amide bonds. The third kappa shape index (κ3) is 2.34. The third-order valence-corrected chi connectivity index (χ3v) is 6.01. The van der Waals surface area contributed by atoms with Crippen molar-refractivity contribution in [3.8, 4) is 0 Å². The Labute approximate surface area is 112 Å². The Morgan fingerprint density at radius 1 is 1.22 bits per heavy atom. The normalized spacial score (nSPS) is 43.7. The van der Waals surface area contributed by atoms with E-state index in [1.807, 2.05) is 0 Å². The second kappa shape index (κ2) is 5.13. The van der Waals surface area contributed by atoms with Crippen molar-refractivity contribution in [3.63, 3.8) is 0 Å². The largest absolute Gasteiger partial charge is 0.375 e. The molecule has 4 unspecified atom stereocenters. The molecule has 1 saturated heterocycles. The Balaban J connectivity index is 1.67. The zero-order chi connectivity index (χ0) is 12.6. The summed E-state index contributed by atoms with van der Waals surface area (Å²) in [5, 5.41) is 0. The molecule has 3 aliphatic rings. The molecule has 1 spiro atoms. The summed E-state index contributed by atoms with van der Waals surface area (Å²) in [6, 6.07) is 0. The van der Waals surface area contributed by atoms with Crippen LogP contribution in [-0.4, -0.2) is 18.8 Å². The molecule has 2 heteroatoms. The molecule has 0 aromatic heterocycles. The van der Waals surface area contributed by atoms with E-state index in [9.17, 15) is 0 Å². The van der Waals surface area contributed by atoms with E-state index >= 15 is 0 Å². The van der Waals surface area contributed by atoms with E-state index in [1.54, 1.807) is 0 Å².